The van der Waals surface area contributed by atoms with Crippen LogP contribution in [0.15, 0.2) is 65.6 Å². The van der Waals surface area contributed by atoms with Gasteiger partial charge in [-0.2, -0.15) is 0 Å². The van der Waals surface area contributed by atoms with Gasteiger partial charge < -0.3 is 5.11 Å². The molecule has 0 fully saturated rings. The molecule has 110 valence electrons. The van der Waals surface area contributed by atoms with Gasteiger partial charge in [0, 0.05) is 0 Å². The van der Waals surface area contributed by atoms with Crippen molar-refractivity contribution in [2.24, 2.45) is 0 Å². The average Bonchev–Trinajstić information content (AvgIpc) is 2.49. The Morgan fingerprint density at radius 2 is 1.48 bits per heavy atom. The van der Waals surface area contributed by atoms with Crippen LogP contribution in [0.4, 0.5) is 0 Å². The van der Waals surface area contributed by atoms with Crippen molar-refractivity contribution in [3.63, 3.8) is 0 Å². The van der Waals surface area contributed by atoms with Gasteiger partial charge in [0.05, 0.1) is 4.90 Å². The number of carbonyl (C=O) groups is 1. The van der Waals surface area contributed by atoms with Gasteiger partial charge in [-0.3, -0.25) is 4.79 Å². The molecule has 0 aliphatic carbocycles. The van der Waals surface area contributed by atoms with E-state index in [1.165, 1.54) is 12.1 Å². The topological polar surface area (TPSA) is 95.5 Å². The fourth-order valence-electron chi connectivity index (χ4n) is 1.73. The van der Waals surface area contributed by atoms with Crippen LogP contribution in [0.25, 0.3) is 0 Å². The molecule has 7 heteroatoms. The highest BCUT2D eigenvalue weighted by Crippen LogP contribution is 2.13. The van der Waals surface area contributed by atoms with Crippen LogP contribution in [0.3, 0.4) is 0 Å². The molecule has 6 nitrogen and oxygen atoms in total. The van der Waals surface area contributed by atoms with Crippen molar-refractivity contribution >= 4 is 16.0 Å². The molecule has 2 rings (SSSR count). The van der Waals surface area contributed by atoms with E-state index in [1.54, 1.807) is 48.5 Å². The van der Waals surface area contributed by atoms with Gasteiger partial charge in [-0.15, -0.1) is 4.83 Å². The summed E-state index contributed by atoms with van der Waals surface area (Å²) in [5, 5.41) is 9.20. The number of nitrogens with one attached hydrogen (secondary N) is 2. The summed E-state index contributed by atoms with van der Waals surface area (Å²) < 4.78 is 24.0. The molecule has 0 unspecified atom stereocenters. The Bertz CT molecular complexity index is 702. The Labute approximate surface area is 122 Å². The standard InChI is InChI=1S/C14H14N2O4S/c17-14(18)13(11-7-3-1-4-8-11)15-16-21(19,20)12-9-5-2-6-10-12/h1-10,13,15-16H,(H,17,18)/t13-/m1/s1. The minimum Gasteiger partial charge on any atom is -0.480 e. The van der Waals surface area contributed by atoms with Crippen molar-refractivity contribution in [1.82, 2.24) is 10.3 Å². The van der Waals surface area contributed by atoms with E-state index >= 15 is 0 Å². The molecule has 0 saturated heterocycles. The summed E-state index contributed by atoms with van der Waals surface area (Å²) in [6.45, 7) is 0. The fourth-order valence-corrected chi connectivity index (χ4v) is 2.63. The Morgan fingerprint density at radius 1 is 0.952 bits per heavy atom. The first-order chi connectivity index (χ1) is 10.0. The molecule has 2 aromatic rings. The second kappa shape index (κ2) is 6.49. The average molecular weight is 306 g/mol. The number of sulfonamides is 1. The first kappa shape index (κ1) is 15.2. The first-order valence-electron chi connectivity index (χ1n) is 6.11. The van der Waals surface area contributed by atoms with Gasteiger partial charge in [0.2, 0.25) is 0 Å². The van der Waals surface area contributed by atoms with Crippen LogP contribution in [0.1, 0.15) is 11.6 Å². The van der Waals surface area contributed by atoms with Crippen molar-refractivity contribution in [3.8, 4) is 0 Å². The zero-order chi connectivity index (χ0) is 15.3. The molecule has 3 N–H and O–H groups in total. The maximum atomic E-state index is 12.0. The molecule has 0 bridgehead atoms. The molecule has 21 heavy (non-hydrogen) atoms. The van der Waals surface area contributed by atoms with Crippen LogP contribution in [0.5, 0.6) is 0 Å². The number of benzene rings is 2. The van der Waals surface area contributed by atoms with Crippen LogP contribution in [0.2, 0.25) is 0 Å². The van der Waals surface area contributed by atoms with Gasteiger partial charge in [-0.1, -0.05) is 48.5 Å². The van der Waals surface area contributed by atoms with E-state index in [9.17, 15) is 18.3 Å². The molecule has 0 aliphatic rings. The molecule has 0 radical (unpaired) electrons. The molecule has 0 saturated carbocycles. The number of carboxylic acids is 1. The van der Waals surface area contributed by atoms with E-state index in [-0.39, 0.29) is 4.90 Å². The monoisotopic (exact) mass is 306 g/mol. The number of rotatable bonds is 6. The molecule has 0 heterocycles. The number of hydrogen-bond donors (Lipinski definition) is 3. The molecule has 0 aromatic heterocycles. The SMILES string of the molecule is O=C(O)[C@H](NNS(=O)(=O)c1ccccc1)c1ccccc1. The molecular weight excluding hydrogens is 292 g/mol. The maximum absolute atomic E-state index is 12.0. The number of hydrazine groups is 1. The molecule has 0 spiro atoms. The number of hydrogen-bond acceptors (Lipinski definition) is 4. The maximum Gasteiger partial charge on any atom is 0.326 e. The van der Waals surface area contributed by atoms with Crippen LogP contribution < -0.4 is 10.3 Å². The largest absolute Gasteiger partial charge is 0.480 e. The van der Waals surface area contributed by atoms with Gasteiger partial charge in [0.1, 0.15) is 6.04 Å². The first-order valence-corrected chi connectivity index (χ1v) is 7.59. The Balaban J connectivity index is 2.15. The molecule has 1 atom stereocenters. The van der Waals surface area contributed by atoms with Gasteiger partial charge in [-0.05, 0) is 17.7 Å². The van der Waals surface area contributed by atoms with E-state index in [1.807, 2.05) is 0 Å². The Morgan fingerprint density at radius 3 is 2.00 bits per heavy atom. The summed E-state index contributed by atoms with van der Waals surface area (Å²) >= 11 is 0. The number of carboxylic acid groups (broad SMARTS) is 1. The minimum absolute atomic E-state index is 0.0506. The zero-order valence-electron chi connectivity index (χ0n) is 10.9. The van der Waals surface area contributed by atoms with Crippen LogP contribution in [-0.4, -0.2) is 19.5 Å². The van der Waals surface area contributed by atoms with Crippen molar-refractivity contribution < 1.29 is 18.3 Å². The van der Waals surface area contributed by atoms with Crippen LogP contribution in [-0.2, 0) is 14.8 Å². The van der Waals surface area contributed by atoms with Gasteiger partial charge in [0.25, 0.3) is 10.0 Å². The Hall–Kier alpha value is -2.22. The quantitative estimate of drug-likeness (QED) is 0.699. The number of aliphatic carboxylic acids is 1. The highest BCUT2D eigenvalue weighted by atomic mass is 32.2. The molecule has 2 aromatic carbocycles. The summed E-state index contributed by atoms with van der Waals surface area (Å²) in [7, 11) is -3.82. The van der Waals surface area contributed by atoms with Crippen LogP contribution >= 0.6 is 0 Å². The highest BCUT2D eigenvalue weighted by molar-refractivity contribution is 7.89. The highest BCUT2D eigenvalue weighted by Gasteiger charge is 2.22. The lowest BCUT2D eigenvalue weighted by Crippen LogP contribution is -2.42. The van der Waals surface area contributed by atoms with E-state index in [0.717, 1.165) is 0 Å². The third-order valence-corrected chi connectivity index (χ3v) is 4.05. The van der Waals surface area contributed by atoms with Gasteiger partial charge in [0.15, 0.2) is 0 Å². The summed E-state index contributed by atoms with van der Waals surface area (Å²) in [6, 6.07) is 14.8. The van der Waals surface area contributed by atoms with E-state index in [4.69, 9.17) is 0 Å². The van der Waals surface area contributed by atoms with Crippen molar-refractivity contribution in [2.75, 3.05) is 0 Å². The fraction of sp³-hybridized carbons (Fsp3) is 0.0714. The van der Waals surface area contributed by atoms with Gasteiger partial charge in [-0.25, -0.2) is 13.8 Å². The summed E-state index contributed by atoms with van der Waals surface area (Å²) in [5.74, 6) is -1.18. The third-order valence-electron chi connectivity index (χ3n) is 2.77. The van der Waals surface area contributed by atoms with Crippen molar-refractivity contribution in [2.45, 2.75) is 10.9 Å². The Kier molecular flexibility index (Phi) is 4.69. The smallest absolute Gasteiger partial charge is 0.326 e. The lowest BCUT2D eigenvalue weighted by molar-refractivity contribution is -0.139. The summed E-state index contributed by atoms with van der Waals surface area (Å²) in [6.07, 6.45) is 0. The van der Waals surface area contributed by atoms with Gasteiger partial charge >= 0.3 is 5.97 Å². The second-order valence-corrected chi connectivity index (χ2v) is 5.93. The predicted molar refractivity (Wildman–Crippen MR) is 76.7 cm³/mol. The molecule has 0 amide bonds. The third kappa shape index (κ3) is 3.88. The normalized spacial score (nSPS) is 12.8. The lowest BCUT2D eigenvalue weighted by Gasteiger charge is -2.15. The van der Waals surface area contributed by atoms with E-state index in [0.29, 0.717) is 5.56 Å². The summed E-state index contributed by atoms with van der Waals surface area (Å²) in [5.41, 5.74) is 2.78. The zero-order valence-corrected chi connectivity index (χ0v) is 11.7. The van der Waals surface area contributed by atoms with E-state index < -0.39 is 22.0 Å². The second-order valence-electron chi connectivity index (χ2n) is 4.24. The predicted octanol–water partition coefficient (Wildman–Crippen LogP) is 1.30. The van der Waals surface area contributed by atoms with E-state index in [2.05, 4.69) is 10.3 Å². The minimum atomic E-state index is -3.82. The molecular formula is C14H14N2O4S. The summed E-state index contributed by atoms with van der Waals surface area (Å²) in [4.78, 5) is 13.4. The van der Waals surface area contributed by atoms with Crippen LogP contribution in [0, 0.1) is 0 Å². The van der Waals surface area contributed by atoms with Crippen molar-refractivity contribution in [1.29, 1.82) is 0 Å². The lowest BCUT2D eigenvalue weighted by atomic mass is 10.1. The van der Waals surface area contributed by atoms with Crippen molar-refractivity contribution in [3.05, 3.63) is 66.2 Å². The molecule has 0 aliphatic heterocycles.